The monoisotopic (exact) mass is 385 g/mol. The molecule has 0 spiro atoms. The van der Waals surface area contributed by atoms with Crippen LogP contribution in [-0.4, -0.2) is 60.7 Å². The van der Waals surface area contributed by atoms with E-state index in [-0.39, 0.29) is 12.8 Å². The molecule has 1 aliphatic carbocycles. The summed E-state index contributed by atoms with van der Waals surface area (Å²) in [4.78, 5) is 11.4. The minimum atomic E-state index is -1.21. The molecule has 2 aromatic rings. The number of nitrogens with two attached hydrogens (primary N) is 1. The normalized spacial score (nSPS) is 32.3. The highest BCUT2D eigenvalue weighted by molar-refractivity contribution is 5.41. The molecule has 3 heterocycles. The predicted octanol–water partition coefficient (Wildman–Crippen LogP) is -1.68. The van der Waals surface area contributed by atoms with Gasteiger partial charge >= 0.3 is 0 Å². The zero-order valence-corrected chi connectivity index (χ0v) is 15.2. The topological polar surface area (TPSA) is 129 Å². The van der Waals surface area contributed by atoms with Crippen molar-refractivity contribution in [3.8, 4) is 0 Å². The molecule has 3 aliphatic rings. The van der Waals surface area contributed by atoms with Crippen LogP contribution in [0.15, 0.2) is 41.7 Å². The first-order chi connectivity index (χ1) is 13.6. The van der Waals surface area contributed by atoms with E-state index >= 15 is 0 Å². The van der Waals surface area contributed by atoms with E-state index in [1.54, 1.807) is 4.57 Å². The third-order valence-corrected chi connectivity index (χ3v) is 5.63. The predicted molar refractivity (Wildman–Crippen MR) is 97.7 cm³/mol. The minimum absolute atomic E-state index is 0.297. The van der Waals surface area contributed by atoms with E-state index in [1.807, 2.05) is 30.3 Å². The van der Waals surface area contributed by atoms with Gasteiger partial charge in [0.05, 0.1) is 12.9 Å². The second-order valence-corrected chi connectivity index (χ2v) is 7.49. The number of rotatable bonds is 4. The Hall–Kier alpha value is -2.46. The Balaban J connectivity index is 1.64. The van der Waals surface area contributed by atoms with Crippen molar-refractivity contribution in [3.63, 3.8) is 0 Å². The summed E-state index contributed by atoms with van der Waals surface area (Å²) >= 11 is 0. The molecule has 2 aliphatic heterocycles. The van der Waals surface area contributed by atoms with Crippen molar-refractivity contribution in [1.82, 2.24) is 14.5 Å². The Kier molecular flexibility index (Phi) is 4.13. The van der Waals surface area contributed by atoms with Gasteiger partial charge in [0.25, 0.3) is 0 Å². The van der Waals surface area contributed by atoms with Crippen LogP contribution in [0.1, 0.15) is 30.8 Å². The molecule has 0 unspecified atom stereocenters. The van der Waals surface area contributed by atoms with Gasteiger partial charge in [0.15, 0.2) is 17.9 Å². The number of aliphatic hydroxyl groups is 3. The second-order valence-electron chi connectivity index (χ2n) is 7.49. The Morgan fingerprint density at radius 2 is 1.89 bits per heavy atom. The fourth-order valence-electron chi connectivity index (χ4n) is 4.00. The Labute approximate surface area is 161 Å². The van der Waals surface area contributed by atoms with Crippen molar-refractivity contribution in [2.75, 3.05) is 6.61 Å². The van der Waals surface area contributed by atoms with Crippen molar-refractivity contribution < 1.29 is 20.1 Å². The summed E-state index contributed by atoms with van der Waals surface area (Å²) in [6.07, 6.45) is -0.822. The molecule has 1 aromatic carbocycles. The lowest BCUT2D eigenvalue weighted by atomic mass is 10.1. The maximum atomic E-state index is 10.4. The number of aliphatic hydroxyl groups excluding tert-OH is 3. The molecule has 2 fully saturated rings. The summed E-state index contributed by atoms with van der Waals surface area (Å²) in [7, 11) is 0. The molecule has 1 saturated heterocycles. The van der Waals surface area contributed by atoms with Gasteiger partial charge in [0.1, 0.15) is 29.5 Å². The highest BCUT2D eigenvalue weighted by Gasteiger charge is 2.44. The van der Waals surface area contributed by atoms with Crippen molar-refractivity contribution in [1.29, 1.82) is 0 Å². The summed E-state index contributed by atoms with van der Waals surface area (Å²) in [6, 6.07) is 10.2. The Bertz CT molecular complexity index is 989. The quantitative estimate of drug-likeness (QED) is 0.494. The lowest BCUT2D eigenvalue weighted by Gasteiger charge is -2.33. The molecule has 9 nitrogen and oxygen atoms in total. The number of benzene rings is 1. The number of ether oxygens (including phenoxy) is 1. The van der Waals surface area contributed by atoms with Gasteiger partial charge in [0.2, 0.25) is 0 Å². The summed E-state index contributed by atoms with van der Waals surface area (Å²) in [5.74, 6) is 0.548. The minimum Gasteiger partial charge on any atom is -0.394 e. The highest BCUT2D eigenvalue weighted by Crippen LogP contribution is 2.38. The maximum absolute atomic E-state index is 10.4. The molecule has 148 valence electrons. The molecule has 5 atom stereocenters. The van der Waals surface area contributed by atoms with E-state index in [0.29, 0.717) is 22.7 Å². The van der Waals surface area contributed by atoms with Crippen LogP contribution >= 0.6 is 0 Å². The molecule has 5 rings (SSSR count). The number of nitrogens with zero attached hydrogens (tertiary/aromatic N) is 4. The smallest absolute Gasteiger partial charge is 0.165 e. The van der Waals surface area contributed by atoms with E-state index in [9.17, 15) is 15.3 Å². The van der Waals surface area contributed by atoms with Crippen LogP contribution in [0.25, 0.3) is 5.82 Å². The zero-order valence-electron chi connectivity index (χ0n) is 15.2. The fraction of sp³-hybridized carbons (Fsp3) is 0.474. The van der Waals surface area contributed by atoms with E-state index in [1.165, 1.54) is 6.33 Å². The van der Waals surface area contributed by atoms with Crippen LogP contribution in [0.2, 0.25) is 0 Å². The van der Waals surface area contributed by atoms with E-state index in [4.69, 9.17) is 15.5 Å². The first-order valence-corrected chi connectivity index (χ1v) is 9.46. The van der Waals surface area contributed by atoms with Crippen LogP contribution in [0.3, 0.4) is 0 Å². The van der Waals surface area contributed by atoms with Crippen LogP contribution in [-0.2, 0) is 4.74 Å². The third kappa shape index (κ3) is 2.62. The van der Waals surface area contributed by atoms with Crippen LogP contribution in [0, 0.1) is 0 Å². The molecular formula is C19H23N5O4. The number of aromatic nitrogens is 2. The molecule has 0 bridgehead atoms. The number of fused-ring (bicyclic) bond motifs is 1. The summed E-state index contributed by atoms with van der Waals surface area (Å²) in [6.45, 7) is -0.390. The van der Waals surface area contributed by atoms with Gasteiger partial charge in [-0.1, -0.05) is 30.3 Å². The average Bonchev–Trinajstić information content (AvgIpc) is 3.40. The van der Waals surface area contributed by atoms with Gasteiger partial charge in [-0.25, -0.2) is 9.98 Å². The van der Waals surface area contributed by atoms with Gasteiger partial charge in [-0.15, -0.1) is 0 Å². The average molecular weight is 385 g/mol. The molecule has 0 amide bonds. The lowest BCUT2D eigenvalue weighted by molar-refractivity contribution is -0.0547. The Morgan fingerprint density at radius 3 is 2.54 bits per heavy atom. The number of hydrogen-bond acceptors (Lipinski definition) is 8. The lowest BCUT2D eigenvalue weighted by Crippen LogP contribution is -2.49. The number of hydrogen-bond donors (Lipinski definition) is 4. The zero-order chi connectivity index (χ0) is 19.4. The number of imidazole rings is 1. The van der Waals surface area contributed by atoms with Gasteiger partial charge in [-0.2, -0.15) is 0 Å². The summed E-state index contributed by atoms with van der Waals surface area (Å²) < 4.78 is 7.25. The van der Waals surface area contributed by atoms with Crippen molar-refractivity contribution in [2.45, 2.75) is 49.6 Å². The second kappa shape index (κ2) is 6.56. The molecule has 5 N–H and O–H groups in total. The van der Waals surface area contributed by atoms with Crippen LogP contribution in [0.4, 0.5) is 0 Å². The summed E-state index contributed by atoms with van der Waals surface area (Å²) in [5, 5.41) is 30.4. The summed E-state index contributed by atoms with van der Waals surface area (Å²) in [5.41, 5.74) is 8.01. The highest BCUT2D eigenvalue weighted by atomic mass is 16.6. The van der Waals surface area contributed by atoms with E-state index in [0.717, 1.165) is 18.4 Å². The maximum Gasteiger partial charge on any atom is 0.165 e. The molecule has 0 radical (unpaired) electrons. The Morgan fingerprint density at radius 1 is 1.14 bits per heavy atom. The standard InChI is InChI=1S/C19H23N5O4/c20-16-13-18(23(9-21-13)19-15(27)14(26)12(8-25)28-19)22-17(24(16)11-6-7-11)10-4-2-1-3-5-10/h1-5,9,11-12,14-15,17,19,25-27H,6-8,20H2/t12-,14-,15-,17+,19+/m1/s1. The fourth-order valence-corrected chi connectivity index (χ4v) is 4.00. The SMILES string of the molecule is NC1=c2ncn([C@H]3O[C@H](CO)[C@@H](O)[C@H]3O)c2=N[C@H](c2ccccc2)N1C1CC1. The molecule has 1 aromatic heterocycles. The molecule has 1 saturated carbocycles. The largest absolute Gasteiger partial charge is 0.394 e. The van der Waals surface area contributed by atoms with Crippen LogP contribution in [0.5, 0.6) is 0 Å². The van der Waals surface area contributed by atoms with Crippen molar-refractivity contribution >= 4 is 5.82 Å². The molecule has 9 heteroatoms. The van der Waals surface area contributed by atoms with Gasteiger partial charge in [0, 0.05) is 6.04 Å². The molecular weight excluding hydrogens is 362 g/mol. The van der Waals surface area contributed by atoms with Gasteiger partial charge in [-0.3, -0.25) is 4.57 Å². The van der Waals surface area contributed by atoms with E-state index < -0.39 is 24.5 Å². The van der Waals surface area contributed by atoms with Crippen LogP contribution < -0.4 is 16.6 Å². The van der Waals surface area contributed by atoms with Gasteiger partial charge in [-0.05, 0) is 18.4 Å². The van der Waals surface area contributed by atoms with Gasteiger partial charge < -0.3 is 30.7 Å². The van der Waals surface area contributed by atoms with Crippen molar-refractivity contribution in [2.24, 2.45) is 10.7 Å². The first-order valence-electron chi connectivity index (χ1n) is 9.46. The third-order valence-electron chi connectivity index (χ3n) is 5.63. The van der Waals surface area contributed by atoms with Crippen molar-refractivity contribution in [3.05, 3.63) is 53.1 Å². The van der Waals surface area contributed by atoms with E-state index in [2.05, 4.69) is 9.88 Å². The first kappa shape index (κ1) is 17.6. The molecule has 28 heavy (non-hydrogen) atoms.